The summed E-state index contributed by atoms with van der Waals surface area (Å²) in [6.07, 6.45) is 0. The minimum atomic E-state index is -0.162. The maximum atomic E-state index is 7.03. The molecular weight excluding hydrogens is 870 g/mol. The van der Waals surface area contributed by atoms with E-state index in [-0.39, 0.29) is 33.8 Å². The first-order valence-corrected chi connectivity index (χ1v) is 26.3. The van der Waals surface area contributed by atoms with Crippen molar-refractivity contribution in [1.82, 2.24) is 4.57 Å². The van der Waals surface area contributed by atoms with E-state index in [4.69, 9.17) is 4.42 Å². The number of nitrogens with zero attached hydrogens (tertiary/aromatic N) is 3. The molecule has 0 bridgehead atoms. The SMILES string of the molecule is CC(C)(C)c1cc2c3c(c1)N1c4c(cc(C(C)(C)C)cc4-n4c5ccc(C(C)(C)C)cc5c5cc(C(C)(C)C)cc1c54)B3c1sc3ccc(C(C)(C)C)cc3c1N2c1cccc2c1oc1ccccc12. The van der Waals surface area contributed by atoms with E-state index in [2.05, 4.69) is 233 Å². The van der Waals surface area contributed by atoms with E-state index >= 15 is 0 Å². The van der Waals surface area contributed by atoms with E-state index in [0.717, 1.165) is 27.6 Å². The summed E-state index contributed by atoms with van der Waals surface area (Å²) in [6, 6.07) is 45.2. The second-order valence-corrected chi connectivity index (χ2v) is 27.0. The minimum Gasteiger partial charge on any atom is -0.454 e. The van der Waals surface area contributed by atoms with Crippen LogP contribution in [0.5, 0.6) is 0 Å². The van der Waals surface area contributed by atoms with E-state index in [1.807, 2.05) is 11.3 Å². The maximum absolute atomic E-state index is 7.03. The number of para-hydroxylation sites is 2. The normalized spacial score (nSPS) is 14.7. The second kappa shape index (κ2) is 13.8. The quantitative estimate of drug-likeness (QED) is 0.153. The Morgan fingerprint density at radius 3 is 1.64 bits per heavy atom. The van der Waals surface area contributed by atoms with Crippen molar-refractivity contribution < 1.29 is 4.42 Å². The molecule has 6 heteroatoms. The molecule has 3 aliphatic rings. The summed E-state index contributed by atoms with van der Waals surface area (Å²) >= 11 is 1.98. The monoisotopic (exact) mass is 933 g/mol. The number of rotatable bonds is 1. The van der Waals surface area contributed by atoms with Crippen LogP contribution in [0.1, 0.15) is 132 Å². The summed E-state index contributed by atoms with van der Waals surface area (Å²) in [5.74, 6) is 0. The first-order valence-electron chi connectivity index (χ1n) is 25.5. The van der Waals surface area contributed by atoms with Gasteiger partial charge in [0.15, 0.2) is 5.58 Å². The van der Waals surface area contributed by atoms with Gasteiger partial charge in [0.05, 0.1) is 39.5 Å². The molecule has 0 fully saturated rings. The van der Waals surface area contributed by atoms with Gasteiger partial charge in [0, 0.05) is 47.8 Å². The van der Waals surface area contributed by atoms with Gasteiger partial charge in [0.1, 0.15) is 5.58 Å². The van der Waals surface area contributed by atoms with E-state index in [9.17, 15) is 0 Å². The number of anilines is 6. The first kappa shape index (κ1) is 43.8. The van der Waals surface area contributed by atoms with Crippen molar-refractivity contribution in [2.24, 2.45) is 0 Å². The van der Waals surface area contributed by atoms with Crippen molar-refractivity contribution in [3.05, 3.63) is 143 Å². The fraction of sp³-hybridized carbons (Fsp3) is 0.312. The van der Waals surface area contributed by atoms with Crippen molar-refractivity contribution in [2.75, 3.05) is 9.80 Å². The van der Waals surface area contributed by atoms with Gasteiger partial charge in [-0.15, -0.1) is 11.3 Å². The molecule has 70 heavy (non-hydrogen) atoms. The number of hydrogen-bond acceptors (Lipinski definition) is 4. The van der Waals surface area contributed by atoms with Gasteiger partial charge in [-0.1, -0.05) is 152 Å². The van der Waals surface area contributed by atoms with Gasteiger partial charge >= 0.3 is 0 Å². The smallest absolute Gasteiger partial charge is 0.264 e. The third-order valence-corrected chi connectivity index (χ3v) is 17.2. The molecule has 3 aliphatic heterocycles. The van der Waals surface area contributed by atoms with Crippen molar-refractivity contribution in [3.8, 4) is 5.69 Å². The average molecular weight is 934 g/mol. The number of aromatic nitrogens is 1. The molecule has 0 aliphatic carbocycles. The van der Waals surface area contributed by atoms with Gasteiger partial charge in [-0.3, -0.25) is 0 Å². The molecule has 0 unspecified atom stereocenters. The Hall–Kier alpha value is -6.24. The fourth-order valence-electron chi connectivity index (χ4n) is 12.0. The lowest BCUT2D eigenvalue weighted by molar-refractivity contribution is 0.589. The van der Waals surface area contributed by atoms with Crippen molar-refractivity contribution in [3.63, 3.8) is 0 Å². The zero-order valence-corrected chi connectivity index (χ0v) is 44.5. The number of furan rings is 1. The van der Waals surface area contributed by atoms with E-state index in [1.54, 1.807) is 0 Å². The first-order chi connectivity index (χ1) is 32.9. The largest absolute Gasteiger partial charge is 0.454 e. The van der Waals surface area contributed by atoms with Gasteiger partial charge in [-0.05, 0) is 133 Å². The van der Waals surface area contributed by atoms with Gasteiger partial charge in [-0.25, -0.2) is 0 Å². The molecule has 0 N–H and O–H groups in total. The molecule has 4 nitrogen and oxygen atoms in total. The van der Waals surface area contributed by atoms with Gasteiger partial charge < -0.3 is 18.8 Å². The Morgan fingerprint density at radius 2 is 0.971 bits per heavy atom. The van der Waals surface area contributed by atoms with Crippen molar-refractivity contribution in [2.45, 2.75) is 131 Å². The summed E-state index contributed by atoms with van der Waals surface area (Å²) in [7, 11) is 0. The van der Waals surface area contributed by atoms with Crippen LogP contribution in [0.4, 0.5) is 34.1 Å². The highest BCUT2D eigenvalue weighted by molar-refractivity contribution is 7.33. The van der Waals surface area contributed by atoms with E-state index in [1.165, 1.54) is 110 Å². The summed E-state index contributed by atoms with van der Waals surface area (Å²) in [6.45, 7) is 35.4. The van der Waals surface area contributed by atoms with Crippen LogP contribution in [-0.2, 0) is 27.1 Å². The molecule has 0 spiro atoms. The van der Waals surface area contributed by atoms with E-state index in [0.29, 0.717) is 0 Å². The lowest BCUT2D eigenvalue weighted by Crippen LogP contribution is -2.61. The van der Waals surface area contributed by atoms with Crippen molar-refractivity contribution in [1.29, 1.82) is 0 Å². The van der Waals surface area contributed by atoms with Crippen molar-refractivity contribution >= 4 is 122 Å². The van der Waals surface area contributed by atoms with Crippen LogP contribution in [0, 0.1) is 0 Å². The lowest BCUT2D eigenvalue weighted by atomic mass is 9.35. The third kappa shape index (κ3) is 6.01. The highest BCUT2D eigenvalue weighted by atomic mass is 32.1. The Morgan fingerprint density at radius 1 is 0.429 bits per heavy atom. The molecule has 0 atom stereocenters. The summed E-state index contributed by atoms with van der Waals surface area (Å²) in [4.78, 5) is 5.35. The number of thiophene rings is 1. The zero-order chi connectivity index (χ0) is 49.1. The Balaban J connectivity index is 1.24. The lowest BCUT2D eigenvalue weighted by Gasteiger charge is -2.46. The van der Waals surface area contributed by atoms with Crippen LogP contribution in [0.15, 0.2) is 120 Å². The predicted octanol–water partition coefficient (Wildman–Crippen LogP) is 16.8. The Labute approximate surface area is 418 Å². The van der Waals surface area contributed by atoms with Gasteiger partial charge in [0.2, 0.25) is 0 Å². The highest BCUT2D eigenvalue weighted by Gasteiger charge is 2.49. The molecular formula is C64H64BN3OS. The number of fused-ring (bicyclic) bond motifs is 14. The topological polar surface area (TPSA) is 24.6 Å². The molecule has 6 heterocycles. The summed E-state index contributed by atoms with van der Waals surface area (Å²) in [5, 5.41) is 6.21. The molecule has 7 aromatic carbocycles. The summed E-state index contributed by atoms with van der Waals surface area (Å²) < 4.78 is 12.4. The Bertz CT molecular complexity index is 3940. The van der Waals surface area contributed by atoms with Crippen LogP contribution in [-0.4, -0.2) is 11.3 Å². The van der Waals surface area contributed by atoms with Crippen LogP contribution in [0.25, 0.3) is 59.5 Å². The second-order valence-electron chi connectivity index (χ2n) is 26.0. The molecule has 3 aromatic heterocycles. The van der Waals surface area contributed by atoms with Crippen LogP contribution >= 0.6 is 11.3 Å². The molecule has 0 radical (unpaired) electrons. The highest BCUT2D eigenvalue weighted by Crippen LogP contribution is 2.56. The van der Waals surface area contributed by atoms with E-state index < -0.39 is 0 Å². The molecule has 10 aromatic rings. The predicted molar refractivity (Wildman–Crippen MR) is 305 cm³/mol. The van der Waals surface area contributed by atoms with Gasteiger partial charge in [0.25, 0.3) is 6.71 Å². The summed E-state index contributed by atoms with van der Waals surface area (Å²) in [5.41, 5.74) is 22.0. The van der Waals surface area contributed by atoms with Crippen LogP contribution in [0.2, 0.25) is 0 Å². The standard InChI is InChI=1S/C64H64BN3OS/c1-60(2,3)35-23-25-46-42(27-35)43-29-37(62(7,8)9)33-50-55(43)66(46)51-34-38(63(10,11)12)30-45-57(51)68(50)49-32-39(64(13,14)15)31-48-54(49)65(45)59-56(44-28-36(61(4,5)6)24-26-53(44)70-59)67(48)47-21-18-20-41-40-19-16-17-22-52(40)69-58(41)47/h16-34H,1-15H3. The molecule has 0 saturated carbocycles. The third-order valence-electron chi connectivity index (χ3n) is 16.0. The molecule has 13 rings (SSSR count). The number of hydrogen-bond donors (Lipinski definition) is 0. The molecule has 0 saturated heterocycles. The number of benzene rings is 7. The minimum absolute atomic E-state index is 0.00203. The van der Waals surface area contributed by atoms with Gasteiger partial charge in [-0.2, -0.15) is 0 Å². The van der Waals surface area contributed by atoms with Crippen LogP contribution in [0.3, 0.4) is 0 Å². The van der Waals surface area contributed by atoms with Crippen LogP contribution < -0.4 is 25.5 Å². The fourth-order valence-corrected chi connectivity index (χ4v) is 13.2. The zero-order valence-electron chi connectivity index (χ0n) is 43.7. The average Bonchev–Trinajstić information content (AvgIpc) is 3.96. The molecule has 0 amide bonds. The maximum Gasteiger partial charge on any atom is 0.264 e. The molecule has 350 valence electrons. The Kier molecular flexibility index (Phi) is 8.62.